The van der Waals surface area contributed by atoms with Crippen molar-refractivity contribution in [2.75, 3.05) is 6.61 Å². The number of aliphatic hydroxyl groups is 1. The van der Waals surface area contributed by atoms with Crippen molar-refractivity contribution in [3.63, 3.8) is 0 Å². The Labute approximate surface area is 85.5 Å². The van der Waals surface area contributed by atoms with E-state index in [1.165, 1.54) is 6.26 Å². The fourth-order valence-electron chi connectivity index (χ4n) is 1.01. The standard InChI is InChI=1S/C9H11NO5/c1-5-2-3-15-7(5)8(12)10-6(4-11)9(13)14/h2-3,6,11H,4H2,1H3,(H,10,12)(H,13,14)/t6-/m1/s1. The van der Waals surface area contributed by atoms with E-state index in [0.29, 0.717) is 5.56 Å². The van der Waals surface area contributed by atoms with Crippen LogP contribution in [-0.4, -0.2) is 34.7 Å². The fourth-order valence-corrected chi connectivity index (χ4v) is 1.01. The zero-order chi connectivity index (χ0) is 11.4. The zero-order valence-electron chi connectivity index (χ0n) is 8.06. The molecule has 0 saturated carbocycles. The third-order valence-electron chi connectivity index (χ3n) is 1.85. The summed E-state index contributed by atoms with van der Waals surface area (Å²) in [5.41, 5.74) is 0.606. The first-order valence-electron chi connectivity index (χ1n) is 4.25. The molecule has 0 bridgehead atoms. The van der Waals surface area contributed by atoms with Crippen molar-refractivity contribution >= 4 is 11.9 Å². The number of carbonyl (C=O) groups excluding carboxylic acids is 1. The minimum Gasteiger partial charge on any atom is -0.480 e. The highest BCUT2D eigenvalue weighted by Crippen LogP contribution is 2.08. The van der Waals surface area contributed by atoms with E-state index < -0.39 is 24.5 Å². The number of amides is 1. The van der Waals surface area contributed by atoms with E-state index >= 15 is 0 Å². The van der Waals surface area contributed by atoms with Gasteiger partial charge < -0.3 is 19.9 Å². The van der Waals surface area contributed by atoms with Gasteiger partial charge in [0, 0.05) is 5.56 Å². The summed E-state index contributed by atoms with van der Waals surface area (Å²) in [6.07, 6.45) is 1.33. The van der Waals surface area contributed by atoms with Gasteiger partial charge in [-0.25, -0.2) is 4.79 Å². The Hall–Kier alpha value is -1.82. The fraction of sp³-hybridized carbons (Fsp3) is 0.333. The van der Waals surface area contributed by atoms with E-state index in [2.05, 4.69) is 5.32 Å². The first-order chi connectivity index (χ1) is 7.06. The molecule has 0 aromatic carbocycles. The molecule has 82 valence electrons. The van der Waals surface area contributed by atoms with Crippen LogP contribution in [0.2, 0.25) is 0 Å². The topological polar surface area (TPSA) is 99.8 Å². The van der Waals surface area contributed by atoms with Crippen molar-refractivity contribution in [1.82, 2.24) is 5.32 Å². The smallest absolute Gasteiger partial charge is 0.328 e. The maximum atomic E-state index is 11.4. The number of furan rings is 1. The predicted octanol–water partition coefficient (Wildman–Crippen LogP) is -0.237. The van der Waals surface area contributed by atoms with Crippen LogP contribution in [0.1, 0.15) is 16.1 Å². The Morgan fingerprint density at radius 2 is 2.27 bits per heavy atom. The summed E-state index contributed by atoms with van der Waals surface area (Å²) in [6, 6.07) is 0.269. The minimum absolute atomic E-state index is 0.0506. The van der Waals surface area contributed by atoms with Gasteiger partial charge >= 0.3 is 5.97 Å². The highest BCUT2D eigenvalue weighted by molar-refractivity contribution is 5.95. The predicted molar refractivity (Wildman–Crippen MR) is 49.4 cm³/mol. The van der Waals surface area contributed by atoms with Crippen LogP contribution in [0.25, 0.3) is 0 Å². The quantitative estimate of drug-likeness (QED) is 0.641. The molecule has 0 saturated heterocycles. The molecule has 0 aliphatic rings. The molecule has 0 fully saturated rings. The highest BCUT2D eigenvalue weighted by atomic mass is 16.4. The van der Waals surface area contributed by atoms with E-state index in [0.717, 1.165) is 0 Å². The summed E-state index contributed by atoms with van der Waals surface area (Å²) in [7, 11) is 0. The highest BCUT2D eigenvalue weighted by Gasteiger charge is 2.21. The number of carboxylic acid groups (broad SMARTS) is 1. The van der Waals surface area contributed by atoms with Gasteiger partial charge in [0.25, 0.3) is 5.91 Å². The van der Waals surface area contributed by atoms with Crippen molar-refractivity contribution < 1.29 is 24.2 Å². The average Bonchev–Trinajstić information content (AvgIpc) is 2.60. The lowest BCUT2D eigenvalue weighted by Gasteiger charge is -2.10. The maximum absolute atomic E-state index is 11.4. The summed E-state index contributed by atoms with van der Waals surface area (Å²) < 4.78 is 4.86. The van der Waals surface area contributed by atoms with Crippen molar-refractivity contribution in [3.05, 3.63) is 23.7 Å². The number of hydrogen-bond acceptors (Lipinski definition) is 4. The van der Waals surface area contributed by atoms with Crippen molar-refractivity contribution in [2.45, 2.75) is 13.0 Å². The van der Waals surface area contributed by atoms with Crippen LogP contribution in [0.15, 0.2) is 16.7 Å². The Morgan fingerprint density at radius 1 is 1.60 bits per heavy atom. The second-order valence-corrected chi connectivity index (χ2v) is 2.98. The largest absolute Gasteiger partial charge is 0.480 e. The normalized spacial score (nSPS) is 12.1. The molecule has 6 heteroatoms. The number of hydrogen-bond donors (Lipinski definition) is 3. The number of rotatable bonds is 4. The van der Waals surface area contributed by atoms with Crippen LogP contribution in [0.3, 0.4) is 0 Å². The number of aliphatic carboxylic acids is 1. The lowest BCUT2D eigenvalue weighted by molar-refractivity contribution is -0.140. The van der Waals surface area contributed by atoms with Gasteiger partial charge in [-0.2, -0.15) is 0 Å². The number of carbonyl (C=O) groups is 2. The molecule has 0 spiro atoms. The van der Waals surface area contributed by atoms with Crippen molar-refractivity contribution in [1.29, 1.82) is 0 Å². The second kappa shape index (κ2) is 4.61. The Morgan fingerprint density at radius 3 is 2.67 bits per heavy atom. The van der Waals surface area contributed by atoms with Gasteiger partial charge in [0.2, 0.25) is 0 Å². The molecular weight excluding hydrogens is 202 g/mol. The van der Waals surface area contributed by atoms with E-state index in [-0.39, 0.29) is 5.76 Å². The first-order valence-corrected chi connectivity index (χ1v) is 4.25. The van der Waals surface area contributed by atoms with Crippen molar-refractivity contribution in [3.8, 4) is 0 Å². The molecule has 0 aliphatic heterocycles. The van der Waals surface area contributed by atoms with Crippen molar-refractivity contribution in [2.24, 2.45) is 0 Å². The molecule has 1 aromatic heterocycles. The molecule has 0 radical (unpaired) electrons. The van der Waals surface area contributed by atoms with Crippen LogP contribution < -0.4 is 5.32 Å². The first kappa shape index (κ1) is 11.3. The molecule has 0 unspecified atom stereocenters. The summed E-state index contributed by atoms with van der Waals surface area (Å²) >= 11 is 0. The summed E-state index contributed by atoms with van der Waals surface area (Å²) in [6.45, 7) is 0.994. The minimum atomic E-state index is -1.32. The third kappa shape index (κ3) is 2.57. The van der Waals surface area contributed by atoms with Crippen LogP contribution in [-0.2, 0) is 4.79 Å². The molecule has 6 nitrogen and oxygen atoms in total. The molecule has 15 heavy (non-hydrogen) atoms. The molecule has 1 heterocycles. The summed E-state index contributed by atoms with van der Waals surface area (Å²) in [5, 5.41) is 19.4. The molecule has 3 N–H and O–H groups in total. The molecule has 1 atom stereocenters. The number of nitrogens with one attached hydrogen (secondary N) is 1. The molecule has 1 amide bonds. The molecule has 1 rings (SSSR count). The summed E-state index contributed by atoms with van der Waals surface area (Å²) in [5.74, 6) is -1.90. The van der Waals surface area contributed by atoms with Gasteiger partial charge in [-0.15, -0.1) is 0 Å². The van der Waals surface area contributed by atoms with Gasteiger partial charge in [-0.1, -0.05) is 0 Å². The third-order valence-corrected chi connectivity index (χ3v) is 1.85. The monoisotopic (exact) mass is 213 g/mol. The van der Waals surface area contributed by atoms with Crippen LogP contribution in [0.4, 0.5) is 0 Å². The molecular formula is C9H11NO5. The Kier molecular flexibility index (Phi) is 3.46. The Bertz CT molecular complexity index is 370. The average molecular weight is 213 g/mol. The van der Waals surface area contributed by atoms with E-state index in [1.54, 1.807) is 13.0 Å². The van der Waals surface area contributed by atoms with Crippen LogP contribution in [0.5, 0.6) is 0 Å². The van der Waals surface area contributed by atoms with Gasteiger partial charge in [0.05, 0.1) is 12.9 Å². The van der Waals surface area contributed by atoms with E-state index in [9.17, 15) is 9.59 Å². The maximum Gasteiger partial charge on any atom is 0.328 e. The van der Waals surface area contributed by atoms with Gasteiger partial charge in [-0.05, 0) is 13.0 Å². The number of aliphatic hydroxyl groups excluding tert-OH is 1. The van der Waals surface area contributed by atoms with Gasteiger partial charge in [0.1, 0.15) is 0 Å². The zero-order valence-corrected chi connectivity index (χ0v) is 8.06. The molecule has 0 aliphatic carbocycles. The van der Waals surface area contributed by atoms with E-state index in [4.69, 9.17) is 14.6 Å². The number of aryl methyl sites for hydroxylation is 1. The van der Waals surface area contributed by atoms with E-state index in [1.807, 2.05) is 0 Å². The Balaban J connectivity index is 2.71. The second-order valence-electron chi connectivity index (χ2n) is 2.98. The van der Waals surface area contributed by atoms with Crippen LogP contribution in [0, 0.1) is 6.92 Å². The summed E-state index contributed by atoms with van der Waals surface area (Å²) in [4.78, 5) is 21.9. The SMILES string of the molecule is Cc1ccoc1C(=O)N[C@H](CO)C(=O)O. The lowest BCUT2D eigenvalue weighted by atomic mass is 10.2. The van der Waals surface area contributed by atoms with Gasteiger partial charge in [-0.3, -0.25) is 4.79 Å². The van der Waals surface area contributed by atoms with Gasteiger partial charge in [0.15, 0.2) is 11.8 Å². The van der Waals surface area contributed by atoms with Crippen LogP contribution >= 0.6 is 0 Å². The number of carboxylic acids is 1. The molecule has 1 aromatic rings. The lowest BCUT2D eigenvalue weighted by Crippen LogP contribution is -2.43.